The quantitative estimate of drug-likeness (QED) is 0.392. The van der Waals surface area contributed by atoms with Crippen LogP contribution in [0.2, 0.25) is 0 Å². The molecule has 2 aromatic rings. The Morgan fingerprint density at radius 3 is 2.49 bits per heavy atom. The van der Waals surface area contributed by atoms with E-state index in [1.165, 1.54) is 0 Å². The molecule has 1 aliphatic rings. The van der Waals surface area contributed by atoms with Crippen LogP contribution in [0.1, 0.15) is 18.4 Å². The molecule has 3 rings (SSSR count). The number of sulfone groups is 1. The third-order valence-corrected chi connectivity index (χ3v) is 7.48. The first kappa shape index (κ1) is 27.2. The third-order valence-electron chi connectivity index (χ3n) is 5.66. The van der Waals surface area contributed by atoms with E-state index < -0.39 is 20.9 Å². The molecule has 1 fully saturated rings. The molecule has 0 aromatic heterocycles. The Bertz CT molecular complexity index is 1070. The highest BCUT2D eigenvalue weighted by Gasteiger charge is 2.24. The van der Waals surface area contributed by atoms with Gasteiger partial charge in [-0.2, -0.15) is 0 Å². The zero-order chi connectivity index (χ0) is 25.1. The molecule has 190 valence electrons. The molecular weight excluding hydrogens is 488 g/mol. The molecule has 1 heterocycles. The fraction of sp³-hybridized carbons (Fsp3) is 0.440. The first-order valence-electron chi connectivity index (χ1n) is 11.6. The minimum Gasteiger partial charge on any atom is -0.457 e. The molecule has 0 aliphatic carbocycles. The topological polar surface area (TPSA) is 102 Å². The lowest BCUT2D eigenvalue weighted by molar-refractivity contribution is -0.127. The molecule has 10 heteroatoms. The van der Waals surface area contributed by atoms with Gasteiger partial charge in [0.1, 0.15) is 11.5 Å². The normalized spacial score (nSPS) is 15.3. The number of nitrogens with one attached hydrogen (secondary N) is 1. The Morgan fingerprint density at radius 2 is 1.77 bits per heavy atom. The van der Waals surface area contributed by atoms with Gasteiger partial charge in [0.2, 0.25) is 5.91 Å². The van der Waals surface area contributed by atoms with E-state index in [9.17, 15) is 18.0 Å². The van der Waals surface area contributed by atoms with Crippen molar-refractivity contribution in [1.29, 1.82) is 0 Å². The lowest BCUT2D eigenvalue weighted by atomic mass is 10.0. The second kappa shape index (κ2) is 13.6. The Kier molecular flexibility index (Phi) is 10.6. The van der Waals surface area contributed by atoms with Gasteiger partial charge in [0.15, 0.2) is 15.0 Å². The maximum Gasteiger partial charge on any atom is 0.223 e. The van der Waals surface area contributed by atoms with Crippen LogP contribution in [-0.2, 0) is 29.9 Å². The van der Waals surface area contributed by atoms with E-state index in [0.29, 0.717) is 43.4 Å². The number of hydrogen-bond acceptors (Lipinski definition) is 7. The first-order valence-corrected chi connectivity index (χ1v) is 13.9. The smallest absolute Gasteiger partial charge is 0.223 e. The molecule has 1 atom stereocenters. The predicted molar refractivity (Wildman–Crippen MR) is 137 cm³/mol. The molecule has 8 nitrogen and oxygen atoms in total. The average molecular weight is 521 g/mol. The summed E-state index contributed by atoms with van der Waals surface area (Å²) in [5, 5.41) is 2.39. The molecule has 1 unspecified atom stereocenters. The Morgan fingerprint density at radius 1 is 1.06 bits per heavy atom. The number of hydrogen-bond donors (Lipinski definition) is 2. The molecule has 1 N–H and O–H groups in total. The maximum absolute atomic E-state index is 12.8. The molecule has 0 bridgehead atoms. The van der Waals surface area contributed by atoms with Gasteiger partial charge in [0, 0.05) is 38.5 Å². The molecule has 35 heavy (non-hydrogen) atoms. The fourth-order valence-electron chi connectivity index (χ4n) is 3.81. The molecule has 1 saturated heterocycles. The van der Waals surface area contributed by atoms with Gasteiger partial charge in [-0.25, -0.2) is 8.42 Å². The van der Waals surface area contributed by atoms with Crippen LogP contribution in [0.3, 0.4) is 0 Å². The number of carbonyl (C=O) groups is 2. The van der Waals surface area contributed by atoms with Crippen molar-refractivity contribution in [3.63, 3.8) is 0 Å². The zero-order valence-electron chi connectivity index (χ0n) is 19.6. The van der Waals surface area contributed by atoms with Crippen molar-refractivity contribution in [2.75, 3.05) is 45.1 Å². The summed E-state index contributed by atoms with van der Waals surface area (Å²) in [6.45, 7) is 4.07. The van der Waals surface area contributed by atoms with Gasteiger partial charge in [-0.05, 0) is 36.2 Å². The number of thiol groups is 1. The fourth-order valence-corrected chi connectivity index (χ4v) is 5.51. The highest BCUT2D eigenvalue weighted by Crippen LogP contribution is 2.23. The van der Waals surface area contributed by atoms with Gasteiger partial charge in [0.25, 0.3) is 0 Å². The Balaban J connectivity index is 1.52. The molecule has 2 aromatic carbocycles. The van der Waals surface area contributed by atoms with Gasteiger partial charge in [-0.15, -0.1) is 12.6 Å². The van der Waals surface area contributed by atoms with Crippen LogP contribution in [0.4, 0.5) is 0 Å². The summed E-state index contributed by atoms with van der Waals surface area (Å²) in [7, 11) is -3.52. The average Bonchev–Trinajstić information content (AvgIpc) is 2.83. The number of nitrogens with zero attached hydrogens (tertiary/aromatic N) is 1. The van der Waals surface area contributed by atoms with Crippen molar-refractivity contribution in [2.24, 2.45) is 5.92 Å². The summed E-state index contributed by atoms with van der Waals surface area (Å²) in [6, 6.07) is 16.2. The molecule has 1 aliphatic heterocycles. The van der Waals surface area contributed by atoms with E-state index in [-0.39, 0.29) is 30.3 Å². The number of morpholine rings is 1. The summed E-state index contributed by atoms with van der Waals surface area (Å²) >= 11 is 3.80. The van der Waals surface area contributed by atoms with Crippen molar-refractivity contribution in [3.8, 4) is 11.5 Å². The highest BCUT2D eigenvalue weighted by molar-refractivity contribution is 7.96. The summed E-state index contributed by atoms with van der Waals surface area (Å²) in [4.78, 5) is 26.4. The number of ether oxygens (including phenoxy) is 2. The van der Waals surface area contributed by atoms with Crippen LogP contribution in [0.25, 0.3) is 0 Å². The largest absolute Gasteiger partial charge is 0.457 e. The van der Waals surface area contributed by atoms with Crippen molar-refractivity contribution >= 4 is 33.5 Å². The van der Waals surface area contributed by atoms with E-state index >= 15 is 0 Å². The van der Waals surface area contributed by atoms with Gasteiger partial charge in [0.05, 0.1) is 24.7 Å². The number of rotatable bonds is 13. The van der Waals surface area contributed by atoms with Crippen LogP contribution in [0, 0.1) is 5.92 Å². The molecule has 0 spiro atoms. The number of carbonyl (C=O) groups excluding carboxylic acids is 2. The van der Waals surface area contributed by atoms with Crippen LogP contribution < -0.4 is 10.1 Å². The lowest BCUT2D eigenvalue weighted by Crippen LogP contribution is -2.42. The van der Waals surface area contributed by atoms with Gasteiger partial charge >= 0.3 is 0 Å². The first-order chi connectivity index (χ1) is 16.8. The summed E-state index contributed by atoms with van der Waals surface area (Å²) < 4.78 is 36.7. The zero-order valence-corrected chi connectivity index (χ0v) is 21.3. The highest BCUT2D eigenvalue weighted by atomic mass is 32.2. The Labute approximate surface area is 212 Å². The second-order valence-corrected chi connectivity index (χ2v) is 11.2. The summed E-state index contributed by atoms with van der Waals surface area (Å²) in [6.07, 6.45) is -0.0549. The Hall–Kier alpha value is -2.40. The number of para-hydroxylation sites is 1. The monoisotopic (exact) mass is 520 g/mol. The van der Waals surface area contributed by atoms with Crippen LogP contribution in [0.5, 0.6) is 11.5 Å². The maximum atomic E-state index is 12.8. The van der Waals surface area contributed by atoms with Crippen molar-refractivity contribution < 1.29 is 27.5 Å². The van der Waals surface area contributed by atoms with Gasteiger partial charge in [-0.1, -0.05) is 30.3 Å². The number of benzene rings is 2. The van der Waals surface area contributed by atoms with Crippen LogP contribution in [0.15, 0.2) is 54.6 Å². The van der Waals surface area contributed by atoms with Crippen molar-refractivity contribution in [1.82, 2.24) is 10.2 Å². The predicted octanol–water partition coefficient (Wildman–Crippen LogP) is 2.69. The van der Waals surface area contributed by atoms with Crippen LogP contribution >= 0.6 is 12.6 Å². The van der Waals surface area contributed by atoms with Crippen LogP contribution in [-0.4, -0.2) is 69.5 Å². The summed E-state index contributed by atoms with van der Waals surface area (Å²) in [5.41, 5.74) is 0.593. The minimum atomic E-state index is -3.52. The minimum absolute atomic E-state index is 0.0538. The van der Waals surface area contributed by atoms with E-state index in [0.717, 1.165) is 13.1 Å². The standard InChI is InChI=1S/C25H32N2O6S2/c28-24(34)18-21(25(29)26-10-11-27-12-14-32-15-13-27)9-16-35(30,31)19-20-5-4-8-23(17-20)33-22-6-2-1-3-7-22/h1-8,17,21H,9-16,18-19H2,(H,26,29)(H,28,34). The molecule has 0 radical (unpaired) electrons. The molecular formula is C25H32N2O6S2. The van der Waals surface area contributed by atoms with Gasteiger partial charge < -0.3 is 14.8 Å². The third kappa shape index (κ3) is 10.0. The number of amides is 1. The van der Waals surface area contributed by atoms with Crippen molar-refractivity contribution in [2.45, 2.75) is 18.6 Å². The summed E-state index contributed by atoms with van der Waals surface area (Å²) in [5.74, 6) is -0.256. The van der Waals surface area contributed by atoms with E-state index in [1.807, 2.05) is 30.3 Å². The molecule has 0 saturated carbocycles. The molecule has 1 amide bonds. The van der Waals surface area contributed by atoms with E-state index in [2.05, 4.69) is 22.8 Å². The van der Waals surface area contributed by atoms with Crippen molar-refractivity contribution in [3.05, 3.63) is 60.2 Å². The second-order valence-electron chi connectivity index (χ2n) is 8.48. The lowest BCUT2D eigenvalue weighted by Gasteiger charge is -2.26. The van der Waals surface area contributed by atoms with E-state index in [4.69, 9.17) is 9.47 Å². The van der Waals surface area contributed by atoms with Gasteiger partial charge in [-0.3, -0.25) is 14.5 Å². The SMILES string of the molecule is O=C(S)CC(CCS(=O)(=O)Cc1cccc(Oc2ccccc2)c1)C(=O)NCCN1CCOCC1. The van der Waals surface area contributed by atoms with E-state index in [1.54, 1.807) is 24.3 Å².